The van der Waals surface area contributed by atoms with E-state index >= 15 is 0 Å². The molecule has 3 rings (SSSR count). The van der Waals surface area contributed by atoms with Gasteiger partial charge < -0.3 is 14.9 Å². The Morgan fingerprint density at radius 3 is 2.81 bits per heavy atom. The van der Waals surface area contributed by atoms with E-state index in [2.05, 4.69) is 25.3 Å². The van der Waals surface area contributed by atoms with Gasteiger partial charge in [0.1, 0.15) is 7.11 Å². The summed E-state index contributed by atoms with van der Waals surface area (Å²) in [6.45, 7) is 5.19. The van der Waals surface area contributed by atoms with Crippen LogP contribution in [0.4, 0.5) is 5.69 Å². The van der Waals surface area contributed by atoms with E-state index in [1.807, 2.05) is 23.0 Å². The molecular formula is C18H23N5O3. The van der Waals surface area contributed by atoms with Crippen LogP contribution in [0.15, 0.2) is 41.8 Å². The zero-order valence-corrected chi connectivity index (χ0v) is 14.8. The molecule has 2 heterocycles. The van der Waals surface area contributed by atoms with E-state index in [4.69, 9.17) is 4.74 Å². The van der Waals surface area contributed by atoms with E-state index in [1.54, 1.807) is 24.5 Å². The number of benzene rings is 1. The molecule has 8 nitrogen and oxygen atoms in total. The minimum absolute atomic E-state index is 0.173. The number of nitrogens with zero attached hydrogens (tertiary/aromatic N) is 4. The van der Waals surface area contributed by atoms with Gasteiger partial charge in [-0.05, 0) is 17.7 Å². The summed E-state index contributed by atoms with van der Waals surface area (Å²) in [4.78, 5) is 19.3. The predicted molar refractivity (Wildman–Crippen MR) is 98.5 cm³/mol. The van der Waals surface area contributed by atoms with Crippen LogP contribution in [0.5, 0.6) is 0 Å². The number of aromatic nitrogens is 2. The fraction of sp³-hybridized carbons (Fsp3) is 0.389. The van der Waals surface area contributed by atoms with Crippen LogP contribution in [0, 0.1) is 0 Å². The van der Waals surface area contributed by atoms with Crippen molar-refractivity contribution in [1.29, 1.82) is 0 Å². The fourth-order valence-electron chi connectivity index (χ4n) is 2.66. The van der Waals surface area contributed by atoms with Gasteiger partial charge in [-0.25, -0.2) is 0 Å². The van der Waals surface area contributed by atoms with Crippen molar-refractivity contribution in [1.82, 2.24) is 14.7 Å². The van der Waals surface area contributed by atoms with Crippen molar-refractivity contribution in [3.05, 3.63) is 47.8 Å². The van der Waals surface area contributed by atoms with Crippen molar-refractivity contribution in [2.45, 2.75) is 6.54 Å². The number of anilines is 1. The van der Waals surface area contributed by atoms with Crippen LogP contribution in [0.1, 0.15) is 15.9 Å². The average molecular weight is 357 g/mol. The zero-order chi connectivity index (χ0) is 18.2. The third kappa shape index (κ3) is 5.14. The molecule has 2 aromatic rings. The highest BCUT2D eigenvalue weighted by molar-refractivity contribution is 6.04. The molecule has 0 radical (unpaired) electrons. The van der Waals surface area contributed by atoms with E-state index in [0.717, 1.165) is 45.0 Å². The van der Waals surface area contributed by atoms with E-state index in [1.165, 1.54) is 7.11 Å². The van der Waals surface area contributed by atoms with Crippen LogP contribution in [-0.4, -0.2) is 66.8 Å². The van der Waals surface area contributed by atoms with Crippen molar-refractivity contribution in [3.8, 4) is 0 Å². The van der Waals surface area contributed by atoms with Crippen molar-refractivity contribution < 1.29 is 14.4 Å². The van der Waals surface area contributed by atoms with Crippen LogP contribution in [0.3, 0.4) is 0 Å². The summed E-state index contributed by atoms with van der Waals surface area (Å²) < 4.78 is 7.19. The van der Waals surface area contributed by atoms with Crippen molar-refractivity contribution in [2.24, 2.45) is 5.16 Å². The van der Waals surface area contributed by atoms with Crippen molar-refractivity contribution in [2.75, 3.05) is 45.3 Å². The molecule has 0 bridgehead atoms. The molecule has 1 saturated heterocycles. The summed E-state index contributed by atoms with van der Waals surface area (Å²) in [6, 6.07) is 7.11. The largest absolute Gasteiger partial charge is 0.399 e. The second-order valence-corrected chi connectivity index (χ2v) is 5.94. The molecule has 1 aliphatic heterocycles. The number of amides is 1. The highest BCUT2D eigenvalue weighted by Gasteiger charge is 2.11. The molecule has 0 aliphatic carbocycles. The van der Waals surface area contributed by atoms with Gasteiger partial charge in [-0.2, -0.15) is 5.10 Å². The monoisotopic (exact) mass is 357 g/mol. The smallest absolute Gasteiger partial charge is 0.255 e. The maximum atomic E-state index is 12.3. The Kier molecular flexibility index (Phi) is 6.34. The fourth-order valence-corrected chi connectivity index (χ4v) is 2.66. The van der Waals surface area contributed by atoms with Crippen LogP contribution in [0.2, 0.25) is 0 Å². The first-order chi connectivity index (χ1) is 12.7. The lowest BCUT2D eigenvalue weighted by Crippen LogP contribution is -2.38. The number of ether oxygens (including phenoxy) is 1. The minimum Gasteiger partial charge on any atom is -0.399 e. The summed E-state index contributed by atoms with van der Waals surface area (Å²) in [5.41, 5.74) is 2.11. The SMILES string of the molecule is CON=Cc1ccc(C(=O)Nc2cnn(CCN3CCOCC3)c2)cc1. The Hall–Kier alpha value is -2.71. The van der Waals surface area contributed by atoms with E-state index < -0.39 is 0 Å². The molecular weight excluding hydrogens is 334 g/mol. The first kappa shape index (κ1) is 18.1. The number of rotatable bonds is 7. The molecule has 138 valence electrons. The second kappa shape index (κ2) is 9.12. The topological polar surface area (TPSA) is 81.0 Å². The van der Waals surface area contributed by atoms with Gasteiger partial charge in [0.15, 0.2) is 0 Å². The molecule has 1 amide bonds. The number of carbonyl (C=O) groups is 1. The molecule has 26 heavy (non-hydrogen) atoms. The highest BCUT2D eigenvalue weighted by atomic mass is 16.6. The molecule has 0 saturated carbocycles. The predicted octanol–water partition coefficient (Wildman–Crippen LogP) is 1.45. The Bertz CT molecular complexity index is 736. The summed E-state index contributed by atoms with van der Waals surface area (Å²) in [7, 11) is 1.49. The van der Waals surface area contributed by atoms with Crippen LogP contribution in [0.25, 0.3) is 0 Å². The molecule has 1 aliphatic rings. The molecule has 0 atom stereocenters. The van der Waals surface area contributed by atoms with Crippen LogP contribution < -0.4 is 5.32 Å². The third-order valence-corrected chi connectivity index (χ3v) is 4.12. The Labute approximate surface area is 152 Å². The summed E-state index contributed by atoms with van der Waals surface area (Å²) in [6.07, 6.45) is 5.09. The summed E-state index contributed by atoms with van der Waals surface area (Å²) in [5, 5.41) is 10.9. The normalized spacial score (nSPS) is 15.3. The molecule has 8 heteroatoms. The lowest BCUT2D eigenvalue weighted by atomic mass is 10.1. The number of hydrogen-bond acceptors (Lipinski definition) is 6. The standard InChI is InChI=1S/C18H23N5O3/c1-25-20-12-15-2-4-16(5-3-15)18(24)21-17-13-19-23(14-17)7-6-22-8-10-26-11-9-22/h2-5,12-14H,6-11H2,1H3,(H,21,24). The quantitative estimate of drug-likeness (QED) is 0.599. The van der Waals surface area contributed by atoms with Gasteiger partial charge >= 0.3 is 0 Å². The Balaban J connectivity index is 1.51. The number of hydrogen-bond donors (Lipinski definition) is 1. The van der Waals surface area contributed by atoms with Gasteiger partial charge in [0.05, 0.1) is 37.9 Å². The van der Waals surface area contributed by atoms with Crippen LogP contribution in [-0.2, 0) is 16.1 Å². The van der Waals surface area contributed by atoms with E-state index in [0.29, 0.717) is 11.3 Å². The van der Waals surface area contributed by atoms with Gasteiger partial charge in [0, 0.05) is 31.4 Å². The second-order valence-electron chi connectivity index (χ2n) is 5.94. The summed E-state index contributed by atoms with van der Waals surface area (Å²) >= 11 is 0. The van der Waals surface area contributed by atoms with E-state index in [9.17, 15) is 4.79 Å². The maximum Gasteiger partial charge on any atom is 0.255 e. The molecule has 1 N–H and O–H groups in total. The maximum absolute atomic E-state index is 12.3. The van der Waals surface area contributed by atoms with E-state index in [-0.39, 0.29) is 5.91 Å². The Morgan fingerprint density at radius 2 is 2.08 bits per heavy atom. The number of nitrogens with one attached hydrogen (secondary N) is 1. The number of morpholine rings is 1. The van der Waals surface area contributed by atoms with Crippen molar-refractivity contribution in [3.63, 3.8) is 0 Å². The van der Waals surface area contributed by atoms with Gasteiger partial charge in [0.2, 0.25) is 0 Å². The van der Waals surface area contributed by atoms with Crippen molar-refractivity contribution >= 4 is 17.8 Å². The molecule has 1 aromatic carbocycles. The van der Waals surface area contributed by atoms with Gasteiger partial charge in [-0.3, -0.25) is 14.4 Å². The lowest BCUT2D eigenvalue weighted by molar-refractivity contribution is 0.0360. The Morgan fingerprint density at radius 1 is 1.31 bits per heavy atom. The van der Waals surface area contributed by atoms with Gasteiger partial charge in [-0.1, -0.05) is 17.3 Å². The highest BCUT2D eigenvalue weighted by Crippen LogP contribution is 2.10. The molecule has 1 aromatic heterocycles. The lowest BCUT2D eigenvalue weighted by Gasteiger charge is -2.26. The molecule has 0 unspecified atom stereocenters. The summed E-state index contributed by atoms with van der Waals surface area (Å²) in [5.74, 6) is -0.173. The first-order valence-corrected chi connectivity index (χ1v) is 8.55. The average Bonchev–Trinajstić information content (AvgIpc) is 3.13. The first-order valence-electron chi connectivity index (χ1n) is 8.55. The third-order valence-electron chi connectivity index (χ3n) is 4.12. The number of oxime groups is 1. The van der Waals surface area contributed by atoms with Crippen LogP contribution >= 0.6 is 0 Å². The number of carbonyl (C=O) groups excluding carboxylic acids is 1. The minimum atomic E-state index is -0.173. The van der Waals surface area contributed by atoms with Gasteiger partial charge in [-0.15, -0.1) is 0 Å². The zero-order valence-electron chi connectivity index (χ0n) is 14.8. The molecule has 1 fully saturated rings. The molecule has 0 spiro atoms. The van der Waals surface area contributed by atoms with Gasteiger partial charge in [0.25, 0.3) is 5.91 Å².